The van der Waals surface area contributed by atoms with Crippen molar-refractivity contribution in [2.45, 2.75) is 78.1 Å². The lowest BCUT2D eigenvalue weighted by Crippen LogP contribution is -2.39. The van der Waals surface area contributed by atoms with E-state index in [0.29, 0.717) is 18.4 Å². The van der Waals surface area contributed by atoms with Gasteiger partial charge in [-0.25, -0.2) is 8.78 Å². The molecule has 4 aliphatic rings. The molecule has 230 valence electrons. The van der Waals surface area contributed by atoms with Gasteiger partial charge in [-0.3, -0.25) is 4.79 Å². The van der Waals surface area contributed by atoms with Gasteiger partial charge in [-0.1, -0.05) is 76.8 Å². The zero-order chi connectivity index (χ0) is 31.3. The highest BCUT2D eigenvalue weighted by Gasteiger charge is 2.50. The Balaban J connectivity index is 1.26. The lowest BCUT2D eigenvalue weighted by atomic mass is 9.66. The van der Waals surface area contributed by atoms with Gasteiger partial charge in [0.1, 0.15) is 0 Å². The van der Waals surface area contributed by atoms with Crippen molar-refractivity contribution in [3.8, 4) is 0 Å². The minimum Gasteiger partial charge on any atom is -0.346 e. The van der Waals surface area contributed by atoms with E-state index in [2.05, 4.69) is 38.0 Å². The van der Waals surface area contributed by atoms with Crippen molar-refractivity contribution in [3.05, 3.63) is 107 Å². The second-order valence-corrected chi connectivity index (χ2v) is 13.4. The fourth-order valence-corrected chi connectivity index (χ4v) is 6.92. The van der Waals surface area contributed by atoms with Crippen molar-refractivity contribution < 1.29 is 22.4 Å². The van der Waals surface area contributed by atoms with Gasteiger partial charge in [0.15, 0.2) is 5.78 Å². The normalized spacial score (nSPS) is 25.8. The molecule has 0 radical (unpaired) electrons. The number of nitrogens with zero attached hydrogens (tertiary/aromatic N) is 1. The molecule has 0 N–H and O–H groups in total. The first-order valence-electron chi connectivity index (χ1n) is 15.5. The molecule has 6 heteroatoms. The molecule has 2 nitrogen and oxygen atoms in total. The number of hydrogen-bond donors (Lipinski definition) is 0. The van der Waals surface area contributed by atoms with Crippen LogP contribution in [0, 0.1) is 29.1 Å². The number of rotatable bonds is 10. The number of allylic oxidation sites excluding steroid dienone is 9. The number of likely N-dealkylation sites (tertiary alicyclic amines) is 1. The highest BCUT2D eigenvalue weighted by Crippen LogP contribution is 2.51. The Labute approximate surface area is 253 Å². The summed E-state index contributed by atoms with van der Waals surface area (Å²) in [6.45, 7) is 16.0. The number of ketones is 1. The molecular weight excluding hydrogens is 550 g/mol. The molecule has 1 aliphatic heterocycles. The van der Waals surface area contributed by atoms with Gasteiger partial charge in [0.25, 0.3) is 11.8 Å². The Bertz CT molecular complexity index is 1440. The van der Waals surface area contributed by atoms with Crippen LogP contribution in [-0.4, -0.2) is 23.2 Å². The molecule has 0 spiro atoms. The van der Waals surface area contributed by atoms with Crippen LogP contribution in [0.1, 0.15) is 82.1 Å². The summed E-state index contributed by atoms with van der Waals surface area (Å²) in [5.74, 6) is -6.40. The Hall–Kier alpha value is -3.15. The molecule has 1 saturated carbocycles. The summed E-state index contributed by atoms with van der Waals surface area (Å²) >= 11 is 0. The number of Topliss-reactive ketones (excluding diaryl/α,β-unsaturated/α-hetero) is 1. The van der Waals surface area contributed by atoms with Gasteiger partial charge in [-0.15, -0.1) is 0 Å². The zero-order valence-electron chi connectivity index (χ0n) is 25.7. The summed E-state index contributed by atoms with van der Waals surface area (Å²) in [5, 5.41) is 0. The van der Waals surface area contributed by atoms with Gasteiger partial charge in [0.05, 0.1) is 0 Å². The first-order chi connectivity index (χ1) is 20.2. The maximum absolute atomic E-state index is 14.9. The molecule has 1 heterocycles. The Morgan fingerprint density at radius 1 is 1.07 bits per heavy atom. The number of halogens is 4. The monoisotopic (exact) mass is 593 g/mol. The van der Waals surface area contributed by atoms with Crippen LogP contribution in [0.5, 0.6) is 0 Å². The highest BCUT2D eigenvalue weighted by molar-refractivity contribution is 5.96. The first kappa shape index (κ1) is 31.3. The van der Waals surface area contributed by atoms with E-state index in [-0.39, 0.29) is 52.1 Å². The Kier molecular flexibility index (Phi) is 8.30. The van der Waals surface area contributed by atoms with E-state index in [1.807, 2.05) is 19.1 Å². The van der Waals surface area contributed by atoms with Crippen LogP contribution in [0.15, 0.2) is 95.9 Å². The maximum Gasteiger partial charge on any atom is 0.294 e. The fraction of sp³-hybridized carbons (Fsp3) is 0.486. The topological polar surface area (TPSA) is 20.3 Å². The van der Waals surface area contributed by atoms with Crippen molar-refractivity contribution >= 4 is 5.78 Å². The standard InChI is InChI=1S/C37H43F4NO/c1-7-35(6,22-34(43)27-9-8-10-30(20-27)36(38,39)23(2)3)29-15-16-42(25(5)18-29)32-14-11-26-19-31(17-24(4)33(26)21-32)37(40,41)28-12-13-28/h8-11,14,17,19-21,24,28-29,33H,2,5,7,12-13,15-16,18,22H2,1,3-4,6H3. The number of alkyl halides is 4. The van der Waals surface area contributed by atoms with Crippen molar-refractivity contribution in [2.75, 3.05) is 6.54 Å². The van der Waals surface area contributed by atoms with Crippen LogP contribution in [0.4, 0.5) is 17.6 Å². The summed E-state index contributed by atoms with van der Waals surface area (Å²) < 4.78 is 58.9. The van der Waals surface area contributed by atoms with Crippen molar-refractivity contribution in [2.24, 2.45) is 29.1 Å². The second kappa shape index (κ2) is 11.4. The number of carbonyl (C=O) groups is 1. The third kappa shape index (κ3) is 5.99. The van der Waals surface area contributed by atoms with Crippen molar-refractivity contribution in [1.29, 1.82) is 0 Å². The molecule has 0 aromatic heterocycles. The third-order valence-electron chi connectivity index (χ3n) is 10.3. The summed E-state index contributed by atoms with van der Waals surface area (Å²) in [4.78, 5) is 15.6. The van der Waals surface area contributed by atoms with E-state index >= 15 is 0 Å². The minimum atomic E-state index is -3.19. The van der Waals surface area contributed by atoms with Crippen molar-refractivity contribution in [3.63, 3.8) is 0 Å². The second-order valence-electron chi connectivity index (χ2n) is 13.4. The smallest absolute Gasteiger partial charge is 0.294 e. The van der Waals surface area contributed by atoms with Crippen LogP contribution < -0.4 is 0 Å². The molecule has 3 aliphatic carbocycles. The van der Waals surface area contributed by atoms with Crippen LogP contribution in [-0.2, 0) is 5.92 Å². The fourth-order valence-electron chi connectivity index (χ4n) is 6.92. The highest BCUT2D eigenvalue weighted by atomic mass is 19.3. The largest absolute Gasteiger partial charge is 0.346 e. The van der Waals surface area contributed by atoms with E-state index in [1.54, 1.807) is 18.2 Å². The zero-order valence-corrected chi connectivity index (χ0v) is 25.7. The number of benzene rings is 1. The average Bonchev–Trinajstić information content (AvgIpc) is 3.83. The van der Waals surface area contributed by atoms with Crippen LogP contribution in [0.25, 0.3) is 0 Å². The predicted molar refractivity (Wildman–Crippen MR) is 165 cm³/mol. The Morgan fingerprint density at radius 2 is 1.79 bits per heavy atom. The van der Waals surface area contributed by atoms with E-state index < -0.39 is 17.8 Å². The van der Waals surface area contributed by atoms with Crippen molar-refractivity contribution in [1.82, 2.24) is 4.90 Å². The molecule has 4 unspecified atom stereocenters. The molecule has 1 aromatic rings. The summed E-state index contributed by atoms with van der Waals surface area (Å²) in [6.07, 6.45) is 13.4. The van der Waals surface area contributed by atoms with Gasteiger partial charge < -0.3 is 4.90 Å². The lowest BCUT2D eigenvalue weighted by molar-refractivity contribution is 0.0199. The molecule has 2 fully saturated rings. The molecule has 0 amide bonds. The van der Waals surface area contributed by atoms with Gasteiger partial charge in [0.2, 0.25) is 0 Å². The van der Waals surface area contributed by atoms with Gasteiger partial charge >= 0.3 is 0 Å². The third-order valence-corrected chi connectivity index (χ3v) is 10.3. The SMILES string of the molecule is C=C1CC(C(C)(CC)CC(=O)c2cccc(C(F)(F)C(=C)C)c2)CCN1C1=CC2C(=CC(C(F)(F)C3CC3)=CC2C)C=C1. The molecule has 1 saturated heterocycles. The van der Waals surface area contributed by atoms with Crippen LogP contribution in [0.3, 0.4) is 0 Å². The number of fused-ring (bicyclic) bond motifs is 1. The molecular formula is C37H43F4NO. The maximum atomic E-state index is 14.9. The predicted octanol–water partition coefficient (Wildman–Crippen LogP) is 10.2. The molecule has 43 heavy (non-hydrogen) atoms. The molecule has 1 aromatic carbocycles. The van der Waals surface area contributed by atoms with E-state index in [4.69, 9.17) is 0 Å². The van der Waals surface area contributed by atoms with E-state index in [0.717, 1.165) is 42.8 Å². The van der Waals surface area contributed by atoms with Crippen LogP contribution in [0.2, 0.25) is 0 Å². The van der Waals surface area contributed by atoms with Crippen LogP contribution >= 0.6 is 0 Å². The van der Waals surface area contributed by atoms with Gasteiger partial charge in [0, 0.05) is 52.9 Å². The number of carbonyl (C=O) groups excluding carboxylic acids is 1. The summed E-state index contributed by atoms with van der Waals surface area (Å²) in [7, 11) is 0. The quantitative estimate of drug-likeness (QED) is 0.153. The average molecular weight is 594 g/mol. The lowest BCUT2D eigenvalue weighted by Gasteiger charge is -2.45. The molecule has 0 bridgehead atoms. The summed E-state index contributed by atoms with van der Waals surface area (Å²) in [6, 6.07) is 5.76. The summed E-state index contributed by atoms with van der Waals surface area (Å²) in [5.41, 5.74) is 2.59. The van der Waals surface area contributed by atoms with E-state index in [1.165, 1.54) is 25.1 Å². The molecule has 5 rings (SSSR count). The number of hydrogen-bond acceptors (Lipinski definition) is 2. The van der Waals surface area contributed by atoms with E-state index in [9.17, 15) is 22.4 Å². The van der Waals surface area contributed by atoms with Gasteiger partial charge in [-0.2, -0.15) is 8.78 Å². The molecule has 4 atom stereocenters. The van der Waals surface area contributed by atoms with Gasteiger partial charge in [-0.05, 0) is 79.2 Å². The minimum absolute atomic E-state index is 0.0337. The Morgan fingerprint density at radius 3 is 2.42 bits per heavy atom. The number of piperidine rings is 1. The first-order valence-corrected chi connectivity index (χ1v) is 15.5.